The van der Waals surface area contributed by atoms with Gasteiger partial charge in [-0.3, -0.25) is 19.8 Å². The number of hydrogen-bond donors (Lipinski definition) is 3. The molecule has 0 atom stereocenters. The summed E-state index contributed by atoms with van der Waals surface area (Å²) in [5.41, 5.74) is 2.37. The maximum absolute atomic E-state index is 11.7. The van der Waals surface area contributed by atoms with E-state index in [0.717, 1.165) is 26.2 Å². The van der Waals surface area contributed by atoms with Crippen molar-refractivity contribution in [3.8, 4) is 0 Å². The molecule has 158 valence electrons. The van der Waals surface area contributed by atoms with Crippen LogP contribution in [0.2, 0.25) is 0 Å². The highest BCUT2D eigenvalue weighted by atomic mass is 16.6. The van der Waals surface area contributed by atoms with Crippen molar-refractivity contribution in [1.29, 1.82) is 0 Å². The van der Waals surface area contributed by atoms with Crippen molar-refractivity contribution in [3.05, 3.63) is 40.2 Å². The average Bonchev–Trinajstić information content (AvgIpc) is 3.12. The second-order valence-corrected chi connectivity index (χ2v) is 5.82. The summed E-state index contributed by atoms with van der Waals surface area (Å²) in [6.45, 7) is 3.85. The lowest BCUT2D eigenvalue weighted by atomic mass is 10.3. The number of nitrogens with zero attached hydrogens (tertiary/aromatic N) is 4. The first-order valence-corrected chi connectivity index (χ1v) is 8.28. The fourth-order valence-corrected chi connectivity index (χ4v) is 2.06. The summed E-state index contributed by atoms with van der Waals surface area (Å²) < 4.78 is 4.87. The standard InChI is InChI=1S/C12H17N5O4.C4H4O4/c1-15-4-6-16(7-5-15)9-11(18)14-13-8-10-2-3-12(21-10)17(19)20;5-3(6)1-2-4(7)8/h2-3,8H,4-7,9H2,1H3,(H,14,18);1-2H,(H,5,6)(H,7,8)/b13-8+;2-1+. The Bertz CT molecular complexity index is 764. The Kier molecular flexibility index (Phi) is 9.70. The van der Waals surface area contributed by atoms with Crippen LogP contribution in [0.4, 0.5) is 5.88 Å². The van der Waals surface area contributed by atoms with Crippen molar-refractivity contribution >= 4 is 29.9 Å². The fraction of sp³-hybridized carbons (Fsp3) is 0.375. The zero-order chi connectivity index (χ0) is 21.8. The van der Waals surface area contributed by atoms with Gasteiger partial charge in [0.25, 0.3) is 5.91 Å². The van der Waals surface area contributed by atoms with E-state index >= 15 is 0 Å². The van der Waals surface area contributed by atoms with E-state index in [-0.39, 0.29) is 24.1 Å². The predicted molar refractivity (Wildman–Crippen MR) is 99.4 cm³/mol. The minimum atomic E-state index is -1.26. The third kappa shape index (κ3) is 10.4. The Morgan fingerprint density at radius 3 is 2.28 bits per heavy atom. The van der Waals surface area contributed by atoms with E-state index in [4.69, 9.17) is 14.6 Å². The van der Waals surface area contributed by atoms with E-state index in [2.05, 4.69) is 15.4 Å². The van der Waals surface area contributed by atoms with E-state index < -0.39 is 16.9 Å². The largest absolute Gasteiger partial charge is 0.478 e. The summed E-state index contributed by atoms with van der Waals surface area (Å²) in [6, 6.07) is 2.64. The molecule has 0 aromatic carbocycles. The molecular formula is C16H21N5O8. The summed E-state index contributed by atoms with van der Waals surface area (Å²) in [5, 5.41) is 29.8. The second kappa shape index (κ2) is 12.0. The third-order valence-electron chi connectivity index (χ3n) is 3.51. The number of hydrogen-bond acceptors (Lipinski definition) is 9. The molecule has 1 fully saturated rings. The van der Waals surface area contributed by atoms with Crippen LogP contribution >= 0.6 is 0 Å². The lowest BCUT2D eigenvalue weighted by Crippen LogP contribution is -2.47. The minimum Gasteiger partial charge on any atom is -0.478 e. The molecule has 1 saturated heterocycles. The van der Waals surface area contributed by atoms with Crippen molar-refractivity contribution in [2.24, 2.45) is 5.10 Å². The topological polar surface area (TPSA) is 179 Å². The van der Waals surface area contributed by atoms with E-state index in [0.29, 0.717) is 12.2 Å². The highest BCUT2D eigenvalue weighted by molar-refractivity contribution is 5.89. The van der Waals surface area contributed by atoms with Crippen LogP contribution in [0.3, 0.4) is 0 Å². The quantitative estimate of drug-likeness (QED) is 0.231. The van der Waals surface area contributed by atoms with Gasteiger partial charge in [-0.1, -0.05) is 0 Å². The van der Waals surface area contributed by atoms with Crippen molar-refractivity contribution in [2.45, 2.75) is 0 Å². The summed E-state index contributed by atoms with van der Waals surface area (Å²) in [6.07, 6.45) is 2.35. The van der Waals surface area contributed by atoms with Gasteiger partial charge in [-0.25, -0.2) is 15.0 Å². The number of nitrogens with one attached hydrogen (secondary N) is 1. The van der Waals surface area contributed by atoms with Crippen LogP contribution in [0.15, 0.2) is 33.8 Å². The molecule has 0 aliphatic carbocycles. The zero-order valence-electron chi connectivity index (χ0n) is 15.6. The molecule has 13 heteroatoms. The smallest absolute Gasteiger partial charge is 0.433 e. The molecule has 1 aromatic heterocycles. The highest BCUT2D eigenvalue weighted by Crippen LogP contribution is 2.13. The van der Waals surface area contributed by atoms with Gasteiger partial charge < -0.3 is 19.5 Å². The lowest BCUT2D eigenvalue weighted by Gasteiger charge is -2.31. The molecule has 3 N–H and O–H groups in total. The van der Waals surface area contributed by atoms with Crippen molar-refractivity contribution < 1.29 is 33.9 Å². The van der Waals surface area contributed by atoms with Gasteiger partial charge in [-0.05, 0) is 13.1 Å². The van der Waals surface area contributed by atoms with E-state index in [1.54, 1.807) is 0 Å². The Morgan fingerprint density at radius 1 is 1.21 bits per heavy atom. The summed E-state index contributed by atoms with van der Waals surface area (Å²) in [7, 11) is 2.05. The van der Waals surface area contributed by atoms with Crippen LogP contribution in [0.1, 0.15) is 5.76 Å². The first kappa shape index (κ1) is 23.5. The first-order chi connectivity index (χ1) is 13.7. The molecule has 0 radical (unpaired) electrons. The maximum atomic E-state index is 11.7. The number of furan rings is 1. The lowest BCUT2D eigenvalue weighted by molar-refractivity contribution is -0.402. The first-order valence-electron chi connectivity index (χ1n) is 8.28. The molecule has 0 spiro atoms. The van der Waals surface area contributed by atoms with Crippen molar-refractivity contribution in [1.82, 2.24) is 15.2 Å². The number of hydrazone groups is 1. The highest BCUT2D eigenvalue weighted by Gasteiger charge is 2.16. The predicted octanol–water partition coefficient (Wildman–Crippen LogP) is -0.403. The number of carboxylic acid groups (broad SMARTS) is 2. The van der Waals surface area contributed by atoms with Gasteiger partial charge in [0.1, 0.15) is 4.92 Å². The molecule has 0 unspecified atom stereocenters. The number of carbonyl (C=O) groups is 3. The van der Waals surface area contributed by atoms with Crippen LogP contribution in [-0.2, 0) is 14.4 Å². The molecule has 2 heterocycles. The number of piperazine rings is 1. The summed E-state index contributed by atoms with van der Waals surface area (Å²) in [4.78, 5) is 44.8. The number of rotatable bonds is 7. The van der Waals surface area contributed by atoms with Crippen molar-refractivity contribution in [2.75, 3.05) is 39.8 Å². The molecular weight excluding hydrogens is 390 g/mol. The second-order valence-electron chi connectivity index (χ2n) is 5.82. The number of carbonyl (C=O) groups excluding carboxylic acids is 1. The van der Waals surface area contributed by atoms with Crippen LogP contribution in [0, 0.1) is 10.1 Å². The molecule has 1 aliphatic heterocycles. The summed E-state index contributed by atoms with van der Waals surface area (Å²) in [5.74, 6) is -2.89. The van der Waals surface area contributed by atoms with E-state index in [1.165, 1.54) is 18.3 Å². The number of amides is 1. The number of nitro groups is 1. The Labute approximate surface area is 165 Å². The normalized spacial score (nSPS) is 15.1. The molecule has 1 aromatic rings. The monoisotopic (exact) mass is 411 g/mol. The molecule has 29 heavy (non-hydrogen) atoms. The molecule has 13 nitrogen and oxygen atoms in total. The Hall–Kier alpha value is -3.58. The Balaban J connectivity index is 0.000000447. The third-order valence-corrected chi connectivity index (χ3v) is 3.51. The van der Waals surface area contributed by atoms with Crippen LogP contribution < -0.4 is 5.43 Å². The van der Waals surface area contributed by atoms with Gasteiger partial charge in [0.15, 0.2) is 5.76 Å². The van der Waals surface area contributed by atoms with Gasteiger partial charge >= 0.3 is 17.8 Å². The van der Waals surface area contributed by atoms with Crippen LogP contribution in [-0.4, -0.2) is 88.8 Å². The molecule has 1 amide bonds. The molecule has 1 aliphatic rings. The zero-order valence-corrected chi connectivity index (χ0v) is 15.6. The van der Waals surface area contributed by atoms with Crippen LogP contribution in [0.25, 0.3) is 0 Å². The van der Waals surface area contributed by atoms with Gasteiger partial charge in [-0.15, -0.1) is 0 Å². The number of likely N-dealkylation sites (N-methyl/N-ethyl adjacent to an activating group) is 1. The van der Waals surface area contributed by atoms with Gasteiger partial charge in [0, 0.05) is 38.3 Å². The minimum absolute atomic E-state index is 0.210. The number of aliphatic carboxylic acids is 2. The van der Waals surface area contributed by atoms with Gasteiger partial charge in [0.2, 0.25) is 0 Å². The average molecular weight is 411 g/mol. The maximum Gasteiger partial charge on any atom is 0.433 e. The van der Waals surface area contributed by atoms with Crippen LogP contribution in [0.5, 0.6) is 0 Å². The SMILES string of the molecule is CN1CCN(CC(=O)N/N=C/c2ccc([N+](=O)[O-])o2)CC1.O=C(O)/C=C/C(=O)O. The van der Waals surface area contributed by atoms with Gasteiger partial charge in [-0.2, -0.15) is 5.10 Å². The molecule has 0 bridgehead atoms. The van der Waals surface area contributed by atoms with E-state index in [1.807, 2.05) is 11.9 Å². The molecule has 0 saturated carbocycles. The van der Waals surface area contributed by atoms with Gasteiger partial charge in [0.05, 0.1) is 18.8 Å². The summed E-state index contributed by atoms with van der Waals surface area (Å²) >= 11 is 0. The molecule has 2 rings (SSSR count). The number of carboxylic acids is 2. The Morgan fingerprint density at radius 2 is 1.79 bits per heavy atom. The van der Waals surface area contributed by atoms with Crippen molar-refractivity contribution in [3.63, 3.8) is 0 Å². The fourth-order valence-electron chi connectivity index (χ4n) is 2.06. The van der Waals surface area contributed by atoms with E-state index in [9.17, 15) is 24.5 Å².